The molecule has 7 rings (SSSR count). The molecule has 368 valence electrons. The van der Waals surface area contributed by atoms with Crippen molar-refractivity contribution < 1.29 is 43.2 Å². The van der Waals surface area contributed by atoms with Gasteiger partial charge in [-0.1, -0.05) is 64.4 Å². The molecular weight excluding hydrogens is 869 g/mol. The molecule has 1 aromatic heterocycles. The number of aromatic hydroxyl groups is 1. The summed E-state index contributed by atoms with van der Waals surface area (Å²) in [5.41, 5.74) is 7.37. The van der Waals surface area contributed by atoms with Crippen LogP contribution in [0.25, 0.3) is 10.4 Å². The van der Waals surface area contributed by atoms with Gasteiger partial charge in [0.05, 0.1) is 61.8 Å². The summed E-state index contributed by atoms with van der Waals surface area (Å²) in [6.07, 6.45) is 10.8. The molecule has 8 unspecified atom stereocenters. The van der Waals surface area contributed by atoms with Gasteiger partial charge >= 0.3 is 0 Å². The predicted octanol–water partition coefficient (Wildman–Crippen LogP) is 8.00. The average Bonchev–Trinajstić information content (AvgIpc) is 4.06. The number of thiazole rings is 1. The summed E-state index contributed by atoms with van der Waals surface area (Å²) in [5.74, 6) is 2.05. The van der Waals surface area contributed by atoms with Gasteiger partial charge in [-0.05, 0) is 134 Å². The predicted molar refractivity (Wildman–Crippen MR) is 260 cm³/mol. The Morgan fingerprint density at radius 3 is 2.33 bits per heavy atom. The number of benzene rings is 2. The largest absolute Gasteiger partial charge is 0.508 e. The number of phenolic OH excluding ortho intramolecular Hbond substituents is 1. The number of nitrogens with one attached hydrogen (secondary N) is 2. The highest BCUT2D eigenvalue weighted by molar-refractivity contribution is 7.13. The van der Waals surface area contributed by atoms with Crippen LogP contribution in [0.3, 0.4) is 0 Å². The Labute approximate surface area is 402 Å². The van der Waals surface area contributed by atoms with Gasteiger partial charge in [0, 0.05) is 26.8 Å². The third kappa shape index (κ3) is 12.7. The second-order valence-electron chi connectivity index (χ2n) is 20.6. The number of nitrogens with zero attached hydrogens (tertiary/aromatic N) is 2. The Bertz CT molecular complexity index is 2090. The van der Waals surface area contributed by atoms with Crippen LogP contribution >= 0.6 is 11.3 Å². The third-order valence-corrected chi connectivity index (χ3v) is 16.2. The van der Waals surface area contributed by atoms with Crippen molar-refractivity contribution in [2.24, 2.45) is 28.6 Å². The number of carbonyl (C=O) groups is 3. The quantitative estimate of drug-likeness (QED) is 0.0797. The lowest BCUT2D eigenvalue weighted by Crippen LogP contribution is -2.58. The number of aryl methyl sites for hydroxylation is 1. The number of hydrogen-bond donors (Lipinski definition) is 3. The van der Waals surface area contributed by atoms with Crippen molar-refractivity contribution >= 4 is 29.1 Å². The zero-order valence-electron chi connectivity index (χ0n) is 40.8. The van der Waals surface area contributed by atoms with E-state index in [9.17, 15) is 19.5 Å². The molecule has 1 saturated heterocycles. The number of amides is 3. The number of unbranched alkanes of at least 4 members (excludes halogenated alkanes) is 1. The molecule has 2 heterocycles. The van der Waals surface area contributed by atoms with Crippen molar-refractivity contribution in [1.29, 1.82) is 0 Å². The minimum absolute atomic E-state index is 0.198. The Morgan fingerprint density at radius 2 is 1.64 bits per heavy atom. The molecule has 8 atom stereocenters. The first-order valence-corrected chi connectivity index (χ1v) is 25.7. The molecule has 0 bridgehead atoms. The lowest BCUT2D eigenvalue weighted by molar-refractivity contribution is -0.144. The van der Waals surface area contributed by atoms with E-state index < -0.39 is 23.4 Å². The lowest BCUT2D eigenvalue weighted by Gasteiger charge is -2.53. The van der Waals surface area contributed by atoms with E-state index in [4.69, 9.17) is 23.7 Å². The Morgan fingerprint density at radius 1 is 0.925 bits per heavy atom. The minimum Gasteiger partial charge on any atom is -0.508 e. The molecule has 0 spiro atoms. The molecule has 2 saturated carbocycles. The van der Waals surface area contributed by atoms with Gasteiger partial charge in [0.15, 0.2) is 0 Å². The smallest absolute Gasteiger partial charge is 0.246 e. The maximum Gasteiger partial charge on any atom is 0.246 e. The highest BCUT2D eigenvalue weighted by Gasteiger charge is 2.57. The molecule has 4 aliphatic rings. The second-order valence-corrected chi connectivity index (χ2v) is 21.5. The topological polar surface area (TPSA) is 158 Å². The van der Waals surface area contributed by atoms with Gasteiger partial charge in [-0.2, -0.15) is 0 Å². The number of phenols is 1. The van der Waals surface area contributed by atoms with Crippen LogP contribution in [0.1, 0.15) is 114 Å². The van der Waals surface area contributed by atoms with Crippen molar-refractivity contribution in [2.75, 3.05) is 66.5 Å². The van der Waals surface area contributed by atoms with E-state index in [-0.39, 0.29) is 30.4 Å². The highest BCUT2D eigenvalue weighted by atomic mass is 32.1. The Hall–Kier alpha value is -3.92. The first kappa shape index (κ1) is 50.9. The molecule has 3 aliphatic carbocycles. The van der Waals surface area contributed by atoms with Gasteiger partial charge < -0.3 is 44.3 Å². The Balaban J connectivity index is 0.728. The van der Waals surface area contributed by atoms with Crippen LogP contribution in [0.5, 0.6) is 5.75 Å². The lowest BCUT2D eigenvalue weighted by atomic mass is 9.52. The molecule has 1 aliphatic heterocycles. The van der Waals surface area contributed by atoms with Gasteiger partial charge in [0.1, 0.15) is 24.4 Å². The summed E-state index contributed by atoms with van der Waals surface area (Å²) in [6, 6.07) is 12.7. The van der Waals surface area contributed by atoms with E-state index >= 15 is 0 Å². The van der Waals surface area contributed by atoms with Crippen LogP contribution in [0.2, 0.25) is 0 Å². The molecule has 3 N–H and O–H groups in total. The van der Waals surface area contributed by atoms with Gasteiger partial charge in [-0.3, -0.25) is 14.4 Å². The molecule has 2 aromatic carbocycles. The zero-order valence-corrected chi connectivity index (χ0v) is 41.6. The summed E-state index contributed by atoms with van der Waals surface area (Å²) in [6.45, 7) is 13.9. The van der Waals surface area contributed by atoms with Crippen LogP contribution < -0.4 is 10.6 Å². The molecular formula is C53H76N4O9S. The van der Waals surface area contributed by atoms with Crippen LogP contribution in [-0.2, 0) is 51.0 Å². The van der Waals surface area contributed by atoms with E-state index in [0.29, 0.717) is 101 Å². The normalized spacial score (nSPS) is 25.0. The maximum absolute atomic E-state index is 13.9. The summed E-state index contributed by atoms with van der Waals surface area (Å²) in [4.78, 5) is 47.4. The fourth-order valence-electron chi connectivity index (χ4n) is 11.8. The maximum atomic E-state index is 13.9. The van der Waals surface area contributed by atoms with Gasteiger partial charge in [0.2, 0.25) is 17.7 Å². The highest BCUT2D eigenvalue weighted by Crippen LogP contribution is 2.63. The summed E-state index contributed by atoms with van der Waals surface area (Å²) < 4.78 is 28.9. The van der Waals surface area contributed by atoms with E-state index in [0.717, 1.165) is 47.4 Å². The fraction of sp³-hybridized carbons (Fsp3) is 0.660. The first-order chi connectivity index (χ1) is 32.3. The van der Waals surface area contributed by atoms with E-state index in [1.807, 2.05) is 76.7 Å². The number of likely N-dealkylation sites (tertiary alicyclic amines) is 1. The monoisotopic (exact) mass is 945 g/mol. The van der Waals surface area contributed by atoms with Crippen LogP contribution in [0.15, 0.2) is 48.0 Å². The summed E-state index contributed by atoms with van der Waals surface area (Å²) in [5, 5.41) is 16.2. The summed E-state index contributed by atoms with van der Waals surface area (Å²) in [7, 11) is 1.89. The van der Waals surface area contributed by atoms with Crippen molar-refractivity contribution in [3.8, 4) is 16.2 Å². The molecule has 14 heteroatoms. The molecule has 67 heavy (non-hydrogen) atoms. The van der Waals surface area contributed by atoms with E-state index in [1.54, 1.807) is 16.2 Å². The van der Waals surface area contributed by atoms with Gasteiger partial charge in [0.25, 0.3) is 0 Å². The number of methoxy groups -OCH3 is 1. The van der Waals surface area contributed by atoms with Crippen molar-refractivity contribution in [3.63, 3.8) is 0 Å². The minimum atomic E-state index is -0.826. The SMILES string of the molecule is COC1CCC2C3C(CCCCOCCOCCOCCOCC(=O)NC(C(=O)N4CCCC4C(=O)NCc4ccc(-c5scnc5C)cc4)C(C)(C)C)Cc4cc(O)ccc4C3CCC12C. The molecule has 0 radical (unpaired) electrons. The van der Waals surface area contributed by atoms with Crippen molar-refractivity contribution in [3.05, 3.63) is 70.4 Å². The molecule has 3 aromatic rings. The second kappa shape index (κ2) is 23.6. The average molecular weight is 945 g/mol. The molecule has 3 fully saturated rings. The number of hydrogen-bond acceptors (Lipinski definition) is 11. The Kier molecular flexibility index (Phi) is 17.9. The molecule has 13 nitrogen and oxygen atoms in total. The number of aromatic nitrogens is 1. The van der Waals surface area contributed by atoms with Gasteiger partial charge in [-0.25, -0.2) is 4.98 Å². The van der Waals surface area contributed by atoms with E-state index in [2.05, 4.69) is 28.6 Å². The number of rotatable bonds is 23. The van der Waals surface area contributed by atoms with Crippen molar-refractivity contribution in [1.82, 2.24) is 20.5 Å². The van der Waals surface area contributed by atoms with Crippen molar-refractivity contribution in [2.45, 2.75) is 129 Å². The number of carbonyl (C=O) groups excluding carboxylic acids is 3. The third-order valence-electron chi connectivity index (χ3n) is 15.2. The van der Waals surface area contributed by atoms with Crippen LogP contribution in [-0.4, -0.2) is 117 Å². The first-order valence-electron chi connectivity index (χ1n) is 24.8. The standard InChI is InChI=1S/C53H76N4O9S/c1-35-48(67-34-55-35)37-14-12-36(13-15-37)32-54-50(60)44-11-9-22-57(44)51(61)49(52(2,3)4)56-46(59)33-66-29-28-65-27-26-64-25-24-63-23-8-7-10-38-30-39-31-40(58)16-17-41(39)42-20-21-53(5)43(47(38)42)18-19-45(53)62-6/h12-17,31,34,38,42-45,47,49,58H,7-11,18-30,32-33H2,1-6H3,(H,54,60)(H,56,59). The van der Waals surface area contributed by atoms with Crippen LogP contribution in [0, 0.1) is 35.5 Å². The number of fused-ring (bicyclic) bond motifs is 5. The van der Waals surface area contributed by atoms with E-state index in [1.165, 1.54) is 36.8 Å². The number of ether oxygens (including phenoxy) is 5. The van der Waals surface area contributed by atoms with Crippen LogP contribution in [0.4, 0.5) is 0 Å². The molecule has 3 amide bonds. The fourth-order valence-corrected chi connectivity index (χ4v) is 12.6. The zero-order chi connectivity index (χ0) is 47.6. The van der Waals surface area contributed by atoms with Gasteiger partial charge in [-0.15, -0.1) is 11.3 Å². The summed E-state index contributed by atoms with van der Waals surface area (Å²) >= 11 is 1.60.